The van der Waals surface area contributed by atoms with Crippen LogP contribution in [0.25, 0.3) is 0 Å². The van der Waals surface area contributed by atoms with Gasteiger partial charge in [0, 0.05) is 42.9 Å². The Labute approximate surface area is 165 Å². The Morgan fingerprint density at radius 3 is 2.57 bits per heavy atom. The summed E-state index contributed by atoms with van der Waals surface area (Å²) >= 11 is 0. The van der Waals surface area contributed by atoms with E-state index in [4.69, 9.17) is 0 Å². The maximum Gasteiger partial charge on any atom is 0.254 e. The molecule has 2 unspecified atom stereocenters. The zero-order valence-corrected chi connectivity index (χ0v) is 16.9. The predicted molar refractivity (Wildman–Crippen MR) is 104 cm³/mol. The lowest BCUT2D eigenvalue weighted by Crippen LogP contribution is -2.42. The van der Waals surface area contributed by atoms with Crippen molar-refractivity contribution in [3.8, 4) is 0 Å². The fourth-order valence-corrected chi connectivity index (χ4v) is 5.82. The maximum atomic E-state index is 13.2. The summed E-state index contributed by atoms with van der Waals surface area (Å²) in [5.41, 5.74) is 2.58. The lowest BCUT2D eigenvalue weighted by molar-refractivity contribution is 0.0643. The van der Waals surface area contributed by atoms with Crippen LogP contribution in [0.15, 0.2) is 41.7 Å². The Balaban J connectivity index is 1.60. The van der Waals surface area contributed by atoms with Crippen molar-refractivity contribution in [2.24, 2.45) is 0 Å². The quantitative estimate of drug-likeness (QED) is 0.770. The van der Waals surface area contributed by atoms with Gasteiger partial charge in [-0.2, -0.15) is 4.31 Å². The highest BCUT2D eigenvalue weighted by atomic mass is 32.2. The molecular weight excluding hydrogens is 376 g/mol. The number of rotatable bonds is 5. The van der Waals surface area contributed by atoms with Crippen molar-refractivity contribution < 1.29 is 13.2 Å². The second-order valence-corrected chi connectivity index (χ2v) is 9.14. The van der Waals surface area contributed by atoms with Gasteiger partial charge >= 0.3 is 0 Å². The van der Waals surface area contributed by atoms with E-state index in [2.05, 4.69) is 9.97 Å². The van der Waals surface area contributed by atoms with Crippen LogP contribution in [0.3, 0.4) is 0 Å². The van der Waals surface area contributed by atoms with Gasteiger partial charge in [0.15, 0.2) is 0 Å². The first kappa shape index (κ1) is 19.0. The zero-order valence-electron chi connectivity index (χ0n) is 16.1. The van der Waals surface area contributed by atoms with Crippen LogP contribution in [-0.2, 0) is 16.4 Å². The Hall–Kier alpha value is -2.32. The van der Waals surface area contributed by atoms with Gasteiger partial charge in [-0.25, -0.2) is 18.4 Å². The van der Waals surface area contributed by atoms with Gasteiger partial charge in [-0.05, 0) is 37.1 Å². The minimum atomic E-state index is -3.53. The standard InChI is InChI=1S/C20H24N4O3S/c1-3-23(4-2)28(26,27)16-8-5-14(6-9-16)20(25)24-15-7-10-19(24)17-12-21-13-22-18(17)11-15/h5-6,8-9,12-13,15,19H,3-4,7,10-11H2,1-2H3. The fourth-order valence-electron chi connectivity index (χ4n) is 4.36. The van der Waals surface area contributed by atoms with E-state index in [0.29, 0.717) is 18.7 Å². The average Bonchev–Trinajstić information content (AvgIpc) is 3.03. The third kappa shape index (κ3) is 3.00. The third-order valence-electron chi connectivity index (χ3n) is 5.80. The first-order valence-corrected chi connectivity index (χ1v) is 11.1. The second kappa shape index (κ2) is 7.25. The summed E-state index contributed by atoms with van der Waals surface area (Å²) in [6.07, 6.45) is 5.97. The van der Waals surface area contributed by atoms with E-state index in [1.165, 1.54) is 16.4 Å². The summed E-state index contributed by atoms with van der Waals surface area (Å²) in [5.74, 6) is -0.0613. The van der Waals surface area contributed by atoms with Crippen molar-refractivity contribution in [2.75, 3.05) is 13.1 Å². The highest BCUT2D eigenvalue weighted by Gasteiger charge is 2.43. The van der Waals surface area contributed by atoms with E-state index in [1.54, 1.807) is 18.5 Å². The average molecular weight is 401 g/mol. The molecule has 2 aromatic rings. The van der Waals surface area contributed by atoms with Gasteiger partial charge in [0.25, 0.3) is 5.91 Å². The van der Waals surface area contributed by atoms with Crippen molar-refractivity contribution in [1.82, 2.24) is 19.2 Å². The molecule has 7 nitrogen and oxygen atoms in total. The number of hydrogen-bond acceptors (Lipinski definition) is 5. The third-order valence-corrected chi connectivity index (χ3v) is 7.86. The minimum absolute atomic E-state index is 0.00142. The van der Waals surface area contributed by atoms with Crippen molar-refractivity contribution in [3.05, 3.63) is 53.6 Å². The number of hydrogen-bond donors (Lipinski definition) is 0. The van der Waals surface area contributed by atoms with Crippen LogP contribution >= 0.6 is 0 Å². The first-order valence-electron chi connectivity index (χ1n) is 9.69. The summed E-state index contributed by atoms with van der Waals surface area (Å²) in [5, 5.41) is 0. The summed E-state index contributed by atoms with van der Waals surface area (Å²) in [6, 6.07) is 6.44. The molecule has 2 aliphatic heterocycles. The van der Waals surface area contributed by atoms with E-state index < -0.39 is 10.0 Å². The van der Waals surface area contributed by atoms with E-state index >= 15 is 0 Å². The topological polar surface area (TPSA) is 83.5 Å². The molecule has 0 aliphatic carbocycles. The van der Waals surface area contributed by atoms with Crippen LogP contribution in [0.5, 0.6) is 0 Å². The summed E-state index contributed by atoms with van der Waals surface area (Å²) in [6.45, 7) is 4.45. The van der Waals surface area contributed by atoms with Gasteiger partial charge in [0.05, 0.1) is 16.6 Å². The number of sulfonamides is 1. The lowest BCUT2D eigenvalue weighted by atomic mass is 9.98. The Bertz CT molecular complexity index is 987. The van der Waals surface area contributed by atoms with Crippen LogP contribution in [-0.4, -0.2) is 52.6 Å². The van der Waals surface area contributed by atoms with Gasteiger partial charge in [-0.3, -0.25) is 4.79 Å². The number of carbonyl (C=O) groups is 1. The van der Waals surface area contributed by atoms with Gasteiger partial charge in [-0.1, -0.05) is 13.8 Å². The van der Waals surface area contributed by atoms with Crippen molar-refractivity contribution in [1.29, 1.82) is 0 Å². The van der Waals surface area contributed by atoms with Gasteiger partial charge in [0.2, 0.25) is 10.0 Å². The number of carbonyl (C=O) groups excluding carboxylic acids is 1. The molecule has 1 aromatic carbocycles. The summed E-state index contributed by atoms with van der Waals surface area (Å²) in [4.78, 5) is 23.9. The van der Waals surface area contributed by atoms with E-state index in [1.807, 2.05) is 24.9 Å². The normalized spacial score (nSPS) is 21.0. The summed E-state index contributed by atoms with van der Waals surface area (Å²) < 4.78 is 26.7. The maximum absolute atomic E-state index is 13.2. The number of fused-ring (bicyclic) bond motifs is 4. The smallest absolute Gasteiger partial charge is 0.254 e. The van der Waals surface area contributed by atoms with Crippen LogP contribution < -0.4 is 0 Å². The van der Waals surface area contributed by atoms with Crippen molar-refractivity contribution in [3.63, 3.8) is 0 Å². The molecule has 148 valence electrons. The number of amides is 1. The Morgan fingerprint density at radius 1 is 1.18 bits per heavy atom. The lowest BCUT2D eigenvalue weighted by Gasteiger charge is -2.35. The molecule has 0 N–H and O–H groups in total. The van der Waals surface area contributed by atoms with Gasteiger partial charge in [-0.15, -0.1) is 0 Å². The molecule has 1 amide bonds. The predicted octanol–water partition coefficient (Wildman–Crippen LogP) is 2.41. The molecule has 3 heterocycles. The number of benzene rings is 1. The molecule has 2 atom stereocenters. The molecule has 1 fully saturated rings. The highest BCUT2D eigenvalue weighted by Crippen LogP contribution is 2.43. The fraction of sp³-hybridized carbons (Fsp3) is 0.450. The Kier molecular flexibility index (Phi) is 4.93. The number of nitrogens with zero attached hydrogens (tertiary/aromatic N) is 4. The van der Waals surface area contributed by atoms with Crippen LogP contribution in [0.4, 0.5) is 0 Å². The minimum Gasteiger partial charge on any atom is -0.328 e. The van der Waals surface area contributed by atoms with Gasteiger partial charge in [0.1, 0.15) is 6.33 Å². The molecule has 0 spiro atoms. The van der Waals surface area contributed by atoms with Gasteiger partial charge < -0.3 is 4.90 Å². The second-order valence-electron chi connectivity index (χ2n) is 7.20. The van der Waals surface area contributed by atoms with Crippen LogP contribution in [0.1, 0.15) is 54.3 Å². The number of aromatic nitrogens is 2. The highest BCUT2D eigenvalue weighted by molar-refractivity contribution is 7.89. The molecule has 28 heavy (non-hydrogen) atoms. The molecule has 0 saturated carbocycles. The zero-order chi connectivity index (χ0) is 19.9. The monoisotopic (exact) mass is 400 g/mol. The van der Waals surface area contributed by atoms with E-state index in [9.17, 15) is 13.2 Å². The van der Waals surface area contributed by atoms with Crippen molar-refractivity contribution in [2.45, 2.75) is 50.1 Å². The SMILES string of the molecule is CCN(CC)S(=O)(=O)c1ccc(C(=O)N2C3CCC2c2cncnc2C3)cc1. The molecular formula is C20H24N4O3S. The molecule has 8 heteroatoms. The Morgan fingerprint density at radius 2 is 1.89 bits per heavy atom. The molecule has 2 aliphatic rings. The van der Waals surface area contributed by atoms with Crippen LogP contribution in [0, 0.1) is 0 Å². The van der Waals surface area contributed by atoms with E-state index in [0.717, 1.165) is 30.5 Å². The largest absolute Gasteiger partial charge is 0.328 e. The molecule has 1 saturated heterocycles. The molecule has 1 aromatic heterocycles. The molecule has 2 bridgehead atoms. The van der Waals surface area contributed by atoms with E-state index in [-0.39, 0.29) is 22.9 Å². The first-order chi connectivity index (χ1) is 13.5. The van der Waals surface area contributed by atoms with Crippen molar-refractivity contribution >= 4 is 15.9 Å². The molecule has 0 radical (unpaired) electrons. The summed E-state index contributed by atoms with van der Waals surface area (Å²) in [7, 11) is -3.53. The van der Waals surface area contributed by atoms with Crippen LogP contribution in [0.2, 0.25) is 0 Å². The molecule has 4 rings (SSSR count).